The number of amides is 1. The predicted molar refractivity (Wildman–Crippen MR) is 123 cm³/mol. The smallest absolute Gasteiger partial charge is 0.226 e. The number of aryl methyl sites for hydroxylation is 2. The maximum absolute atomic E-state index is 12.8. The van der Waals surface area contributed by atoms with E-state index in [2.05, 4.69) is 18.2 Å². The molecule has 1 fully saturated rings. The average Bonchev–Trinajstić information content (AvgIpc) is 2.97. The minimum atomic E-state index is 0.124. The van der Waals surface area contributed by atoms with Gasteiger partial charge in [0.1, 0.15) is 0 Å². The number of hydrogen-bond donors (Lipinski definition) is 0. The van der Waals surface area contributed by atoms with Gasteiger partial charge in [-0.25, -0.2) is 0 Å². The Hall–Kier alpha value is -2.92. The normalized spacial score (nSPS) is 18.5. The molecule has 2 aliphatic rings. The first-order valence-electron chi connectivity index (χ1n) is 11.3. The summed E-state index contributed by atoms with van der Waals surface area (Å²) in [5.74, 6) is 0.792. The third-order valence-corrected chi connectivity index (χ3v) is 7.15. The SMILES string of the molecule is O=C(Cc1cc[n+]([O-])cc1)N1CCC(C2c3ccc(Cl)cc3CCc3cccnc32)CC1. The standard InChI is InChI=1S/C26H26ClN3O2/c27-22-5-6-23-21(17-22)4-3-20-2-1-11-28-26(20)25(23)19-9-12-29(13-10-19)24(31)16-18-7-14-30(32)15-8-18/h1-2,5-8,11,14-15,17,19,25H,3-4,9-10,12-13,16H2. The van der Waals surface area contributed by atoms with E-state index in [0.29, 0.717) is 12.3 Å². The van der Waals surface area contributed by atoms with Crippen molar-refractivity contribution in [3.63, 3.8) is 0 Å². The topological polar surface area (TPSA) is 60.1 Å². The Morgan fingerprint density at radius 3 is 2.62 bits per heavy atom. The van der Waals surface area contributed by atoms with Crippen LogP contribution in [-0.4, -0.2) is 28.9 Å². The lowest BCUT2D eigenvalue weighted by molar-refractivity contribution is -0.605. The van der Waals surface area contributed by atoms with Gasteiger partial charge >= 0.3 is 0 Å². The molecule has 1 atom stereocenters. The van der Waals surface area contributed by atoms with Crippen LogP contribution in [0.15, 0.2) is 61.1 Å². The second-order valence-electron chi connectivity index (χ2n) is 8.83. The minimum absolute atomic E-state index is 0.124. The molecule has 0 spiro atoms. The summed E-state index contributed by atoms with van der Waals surface area (Å²) in [6.07, 6.45) is 8.96. The van der Waals surface area contributed by atoms with E-state index >= 15 is 0 Å². The first-order chi connectivity index (χ1) is 15.6. The first kappa shape index (κ1) is 21.0. The van der Waals surface area contributed by atoms with Crippen LogP contribution >= 0.6 is 11.6 Å². The van der Waals surface area contributed by atoms with Crippen molar-refractivity contribution in [1.82, 2.24) is 9.88 Å². The Bertz CT molecular complexity index is 1120. The Kier molecular flexibility index (Phi) is 5.83. The van der Waals surface area contributed by atoms with Gasteiger partial charge < -0.3 is 10.1 Å². The molecule has 6 heteroatoms. The van der Waals surface area contributed by atoms with Gasteiger partial charge in [0.2, 0.25) is 5.91 Å². The number of hydrogen-bond acceptors (Lipinski definition) is 3. The lowest BCUT2D eigenvalue weighted by Crippen LogP contribution is -2.41. The molecule has 0 saturated carbocycles. The summed E-state index contributed by atoms with van der Waals surface area (Å²) in [4.78, 5) is 19.6. The highest BCUT2D eigenvalue weighted by Crippen LogP contribution is 2.42. The van der Waals surface area contributed by atoms with Crippen molar-refractivity contribution in [3.05, 3.63) is 99.2 Å². The van der Waals surface area contributed by atoms with Crippen molar-refractivity contribution in [3.8, 4) is 0 Å². The average molecular weight is 448 g/mol. The third-order valence-electron chi connectivity index (χ3n) is 6.91. The van der Waals surface area contributed by atoms with Crippen LogP contribution in [0, 0.1) is 11.1 Å². The molecule has 3 aromatic rings. The fourth-order valence-electron chi connectivity index (χ4n) is 5.26. The zero-order valence-corrected chi connectivity index (χ0v) is 18.7. The number of piperidine rings is 1. The fourth-order valence-corrected chi connectivity index (χ4v) is 5.46. The van der Waals surface area contributed by atoms with Gasteiger partial charge in [0.15, 0.2) is 12.4 Å². The van der Waals surface area contributed by atoms with Crippen LogP contribution in [0.1, 0.15) is 46.7 Å². The Balaban J connectivity index is 1.35. The molecular weight excluding hydrogens is 422 g/mol. The molecule has 1 aromatic carbocycles. The summed E-state index contributed by atoms with van der Waals surface area (Å²) in [5.41, 5.74) is 6.04. The number of nitrogens with zero attached hydrogens (tertiary/aromatic N) is 3. The van der Waals surface area contributed by atoms with E-state index in [4.69, 9.17) is 16.6 Å². The summed E-state index contributed by atoms with van der Waals surface area (Å²) in [5, 5.41) is 12.0. The summed E-state index contributed by atoms with van der Waals surface area (Å²) in [7, 11) is 0. The van der Waals surface area contributed by atoms with E-state index < -0.39 is 0 Å². The molecule has 5 nitrogen and oxygen atoms in total. The molecule has 0 radical (unpaired) electrons. The number of halogens is 1. The lowest BCUT2D eigenvalue weighted by Gasteiger charge is -2.37. The van der Waals surface area contributed by atoms with Crippen molar-refractivity contribution in [2.24, 2.45) is 5.92 Å². The van der Waals surface area contributed by atoms with E-state index in [9.17, 15) is 10.0 Å². The summed E-state index contributed by atoms with van der Waals surface area (Å²) in [6.45, 7) is 1.50. The van der Waals surface area contributed by atoms with Gasteiger partial charge in [-0.15, -0.1) is 0 Å². The quantitative estimate of drug-likeness (QED) is 0.449. The van der Waals surface area contributed by atoms with E-state index in [0.717, 1.165) is 54.1 Å². The van der Waals surface area contributed by atoms with Crippen LogP contribution in [0.5, 0.6) is 0 Å². The fraction of sp³-hybridized carbons (Fsp3) is 0.346. The van der Waals surface area contributed by atoms with Crippen molar-refractivity contribution in [2.75, 3.05) is 13.1 Å². The molecule has 3 heterocycles. The number of carbonyl (C=O) groups excluding carboxylic acids is 1. The molecule has 2 aromatic heterocycles. The second-order valence-corrected chi connectivity index (χ2v) is 9.27. The van der Waals surface area contributed by atoms with Gasteiger partial charge in [0, 0.05) is 42.4 Å². The molecule has 164 valence electrons. The number of aromatic nitrogens is 2. The zero-order valence-electron chi connectivity index (χ0n) is 17.9. The van der Waals surface area contributed by atoms with Crippen LogP contribution in [0.2, 0.25) is 5.02 Å². The van der Waals surface area contributed by atoms with Crippen LogP contribution in [0.3, 0.4) is 0 Å². The number of pyridine rings is 2. The van der Waals surface area contributed by atoms with Crippen LogP contribution in [0.25, 0.3) is 0 Å². The summed E-state index contributed by atoms with van der Waals surface area (Å²) >= 11 is 6.33. The van der Waals surface area contributed by atoms with E-state index in [1.54, 1.807) is 12.1 Å². The number of fused-ring (bicyclic) bond motifs is 2. The van der Waals surface area contributed by atoms with Crippen LogP contribution in [-0.2, 0) is 24.1 Å². The first-order valence-corrected chi connectivity index (χ1v) is 11.6. The van der Waals surface area contributed by atoms with Crippen LogP contribution in [0.4, 0.5) is 0 Å². The Morgan fingerprint density at radius 1 is 1.09 bits per heavy atom. The third kappa shape index (κ3) is 4.22. The highest BCUT2D eigenvalue weighted by Gasteiger charge is 2.34. The number of benzene rings is 1. The van der Waals surface area contributed by atoms with E-state index in [-0.39, 0.29) is 11.8 Å². The summed E-state index contributed by atoms with van der Waals surface area (Å²) in [6, 6.07) is 13.9. The van der Waals surface area contributed by atoms with Gasteiger partial charge in [-0.2, -0.15) is 4.73 Å². The number of rotatable bonds is 3. The zero-order chi connectivity index (χ0) is 22.1. The minimum Gasteiger partial charge on any atom is -0.619 e. The van der Waals surface area contributed by atoms with Gasteiger partial charge in [-0.1, -0.05) is 23.7 Å². The summed E-state index contributed by atoms with van der Waals surface area (Å²) < 4.78 is 0.739. The van der Waals surface area contributed by atoms with Gasteiger partial charge in [0.05, 0.1) is 12.1 Å². The highest BCUT2D eigenvalue weighted by atomic mass is 35.5. The van der Waals surface area contributed by atoms with Crippen molar-refractivity contribution in [2.45, 2.75) is 38.0 Å². The predicted octanol–water partition coefficient (Wildman–Crippen LogP) is 4.08. The molecule has 1 aliphatic heterocycles. The van der Waals surface area contributed by atoms with Crippen LogP contribution < -0.4 is 4.73 Å². The molecule has 0 N–H and O–H groups in total. The van der Waals surface area contributed by atoms with Gasteiger partial charge in [-0.05, 0) is 72.1 Å². The Labute approximate surface area is 193 Å². The van der Waals surface area contributed by atoms with Gasteiger partial charge in [0.25, 0.3) is 0 Å². The highest BCUT2D eigenvalue weighted by molar-refractivity contribution is 6.30. The largest absolute Gasteiger partial charge is 0.619 e. The number of carbonyl (C=O) groups is 1. The Morgan fingerprint density at radius 2 is 1.84 bits per heavy atom. The van der Waals surface area contributed by atoms with Crippen molar-refractivity contribution in [1.29, 1.82) is 0 Å². The molecule has 32 heavy (non-hydrogen) atoms. The molecular formula is C26H26ClN3O2. The monoisotopic (exact) mass is 447 g/mol. The van der Waals surface area contributed by atoms with Crippen molar-refractivity contribution < 1.29 is 9.52 Å². The molecule has 1 aliphatic carbocycles. The molecule has 1 saturated heterocycles. The van der Waals surface area contributed by atoms with E-state index in [1.165, 1.54) is 34.8 Å². The van der Waals surface area contributed by atoms with Gasteiger partial charge in [-0.3, -0.25) is 9.78 Å². The number of likely N-dealkylation sites (tertiary alicyclic amines) is 1. The lowest BCUT2D eigenvalue weighted by atomic mass is 9.76. The maximum atomic E-state index is 12.8. The van der Waals surface area contributed by atoms with E-state index in [1.807, 2.05) is 23.2 Å². The molecule has 1 amide bonds. The maximum Gasteiger partial charge on any atom is 0.226 e. The molecule has 0 bridgehead atoms. The molecule has 5 rings (SSSR count). The van der Waals surface area contributed by atoms with Crippen molar-refractivity contribution >= 4 is 17.5 Å². The molecule has 1 unspecified atom stereocenters. The second kappa shape index (κ2) is 8.91.